The van der Waals surface area contributed by atoms with Crippen LogP contribution in [0.25, 0.3) is 0 Å². The number of likely N-dealkylation sites (tertiary alicyclic amines) is 1. The molecule has 124 valence electrons. The average molecular weight is 316 g/mol. The monoisotopic (exact) mass is 316 g/mol. The molecule has 0 saturated carbocycles. The molecule has 0 bridgehead atoms. The third-order valence-corrected chi connectivity index (χ3v) is 4.30. The van der Waals surface area contributed by atoms with Gasteiger partial charge >= 0.3 is 6.18 Å². The SMILES string of the molecule is CCC(Nc1cnc(C(F)(F)F)cn1)C1CCC(C)CN1C. The Hall–Kier alpha value is -1.37. The number of nitrogens with zero attached hydrogens (tertiary/aromatic N) is 3. The lowest BCUT2D eigenvalue weighted by Crippen LogP contribution is -2.49. The Morgan fingerprint density at radius 3 is 2.55 bits per heavy atom. The lowest BCUT2D eigenvalue weighted by atomic mass is 9.89. The number of hydrogen-bond acceptors (Lipinski definition) is 4. The van der Waals surface area contributed by atoms with Crippen molar-refractivity contribution in [1.82, 2.24) is 14.9 Å². The number of halogens is 3. The topological polar surface area (TPSA) is 41.1 Å². The van der Waals surface area contributed by atoms with Gasteiger partial charge < -0.3 is 10.2 Å². The largest absolute Gasteiger partial charge is 0.434 e. The summed E-state index contributed by atoms with van der Waals surface area (Å²) in [7, 11) is 2.10. The van der Waals surface area contributed by atoms with Crippen molar-refractivity contribution < 1.29 is 13.2 Å². The maximum Gasteiger partial charge on any atom is 0.434 e. The second-order valence-corrected chi connectivity index (χ2v) is 6.13. The Labute approximate surface area is 129 Å². The summed E-state index contributed by atoms with van der Waals surface area (Å²) in [6.07, 6.45) is 0.628. The number of nitrogens with one attached hydrogen (secondary N) is 1. The molecular formula is C15H23F3N4. The third-order valence-electron chi connectivity index (χ3n) is 4.30. The molecule has 22 heavy (non-hydrogen) atoms. The molecule has 3 unspecified atom stereocenters. The molecule has 1 aliphatic heterocycles. The molecule has 0 spiro atoms. The van der Waals surface area contributed by atoms with Crippen molar-refractivity contribution >= 4 is 5.82 Å². The van der Waals surface area contributed by atoms with Gasteiger partial charge in [0.15, 0.2) is 5.69 Å². The minimum Gasteiger partial charge on any atom is -0.364 e. The minimum atomic E-state index is -4.45. The van der Waals surface area contributed by atoms with Gasteiger partial charge in [-0.2, -0.15) is 13.2 Å². The van der Waals surface area contributed by atoms with Crippen LogP contribution >= 0.6 is 0 Å². The fourth-order valence-corrected chi connectivity index (χ4v) is 3.11. The number of alkyl halides is 3. The number of aromatic nitrogens is 2. The van der Waals surface area contributed by atoms with E-state index in [1.807, 2.05) is 0 Å². The first-order valence-electron chi connectivity index (χ1n) is 7.67. The van der Waals surface area contributed by atoms with E-state index in [-0.39, 0.29) is 6.04 Å². The van der Waals surface area contributed by atoms with E-state index in [1.54, 1.807) is 0 Å². The van der Waals surface area contributed by atoms with Crippen LogP contribution in [0, 0.1) is 5.92 Å². The molecule has 0 radical (unpaired) electrons. The van der Waals surface area contributed by atoms with E-state index in [4.69, 9.17) is 0 Å². The van der Waals surface area contributed by atoms with E-state index in [0.717, 1.165) is 31.8 Å². The van der Waals surface area contributed by atoms with Crippen LogP contribution in [0.3, 0.4) is 0 Å². The van der Waals surface area contributed by atoms with E-state index in [2.05, 4.69) is 41.1 Å². The highest BCUT2D eigenvalue weighted by Crippen LogP contribution is 2.28. The maximum atomic E-state index is 12.5. The van der Waals surface area contributed by atoms with E-state index in [0.29, 0.717) is 17.8 Å². The second-order valence-electron chi connectivity index (χ2n) is 6.13. The minimum absolute atomic E-state index is 0.156. The van der Waals surface area contributed by atoms with Crippen molar-refractivity contribution in [3.63, 3.8) is 0 Å². The quantitative estimate of drug-likeness (QED) is 0.924. The Kier molecular flexibility index (Phi) is 5.26. The summed E-state index contributed by atoms with van der Waals surface area (Å²) in [5, 5.41) is 3.24. The number of likely N-dealkylation sites (N-methyl/N-ethyl adjacent to an activating group) is 1. The molecule has 1 aliphatic rings. The van der Waals surface area contributed by atoms with Crippen LogP contribution in [0.15, 0.2) is 12.4 Å². The maximum absolute atomic E-state index is 12.5. The molecule has 0 amide bonds. The van der Waals surface area contributed by atoms with Gasteiger partial charge in [-0.05, 0) is 32.2 Å². The highest BCUT2D eigenvalue weighted by molar-refractivity contribution is 5.33. The van der Waals surface area contributed by atoms with Gasteiger partial charge in [-0.25, -0.2) is 9.97 Å². The van der Waals surface area contributed by atoms with Crippen molar-refractivity contribution in [2.45, 2.75) is 51.4 Å². The van der Waals surface area contributed by atoms with Crippen LogP contribution in [0.5, 0.6) is 0 Å². The molecule has 0 aromatic carbocycles. The van der Waals surface area contributed by atoms with Gasteiger partial charge in [-0.15, -0.1) is 0 Å². The summed E-state index contributed by atoms with van der Waals surface area (Å²) in [6, 6.07) is 0.522. The number of rotatable bonds is 4. The lowest BCUT2D eigenvalue weighted by molar-refractivity contribution is -0.141. The number of piperidine rings is 1. The Morgan fingerprint density at radius 1 is 1.32 bits per heavy atom. The Bertz CT molecular complexity index is 475. The van der Waals surface area contributed by atoms with Gasteiger partial charge in [0.1, 0.15) is 5.82 Å². The number of hydrogen-bond donors (Lipinski definition) is 1. The summed E-state index contributed by atoms with van der Waals surface area (Å²) in [5.41, 5.74) is -0.963. The van der Waals surface area contributed by atoms with Gasteiger partial charge in [0.2, 0.25) is 0 Å². The molecular weight excluding hydrogens is 293 g/mol. The fourth-order valence-electron chi connectivity index (χ4n) is 3.11. The first-order chi connectivity index (χ1) is 10.3. The summed E-state index contributed by atoms with van der Waals surface area (Å²) in [6.45, 7) is 5.35. The molecule has 1 fully saturated rings. The van der Waals surface area contributed by atoms with Crippen molar-refractivity contribution in [3.8, 4) is 0 Å². The smallest absolute Gasteiger partial charge is 0.364 e. The first kappa shape index (κ1) is 17.0. The van der Waals surface area contributed by atoms with Gasteiger partial charge in [-0.1, -0.05) is 13.8 Å². The normalized spacial score (nSPS) is 25.0. The highest BCUT2D eigenvalue weighted by Gasteiger charge is 2.33. The van der Waals surface area contributed by atoms with Gasteiger partial charge in [0.25, 0.3) is 0 Å². The standard InChI is InChI=1S/C15H23F3N4/c1-4-11(12-6-5-10(2)9-22(12)3)21-14-8-19-13(7-20-14)15(16,17)18/h7-8,10-12H,4-6,9H2,1-3H3,(H,20,21). The molecule has 4 nitrogen and oxygen atoms in total. The van der Waals surface area contributed by atoms with E-state index < -0.39 is 11.9 Å². The van der Waals surface area contributed by atoms with E-state index in [9.17, 15) is 13.2 Å². The summed E-state index contributed by atoms with van der Waals surface area (Å²) in [4.78, 5) is 9.63. The van der Waals surface area contributed by atoms with Crippen LogP contribution in [-0.2, 0) is 6.18 Å². The molecule has 7 heteroatoms. The van der Waals surface area contributed by atoms with Crippen molar-refractivity contribution in [1.29, 1.82) is 0 Å². The predicted octanol–water partition coefficient (Wildman–Crippen LogP) is 3.42. The van der Waals surface area contributed by atoms with Crippen LogP contribution < -0.4 is 5.32 Å². The summed E-state index contributed by atoms with van der Waals surface area (Å²) >= 11 is 0. The zero-order chi connectivity index (χ0) is 16.3. The molecule has 1 N–H and O–H groups in total. The molecule has 2 rings (SSSR count). The molecule has 2 heterocycles. The summed E-state index contributed by atoms with van der Waals surface area (Å²) < 4.78 is 37.5. The Balaban J connectivity index is 2.04. The fraction of sp³-hybridized carbons (Fsp3) is 0.733. The van der Waals surface area contributed by atoms with Crippen molar-refractivity contribution in [2.75, 3.05) is 18.9 Å². The first-order valence-corrected chi connectivity index (χ1v) is 7.67. The van der Waals surface area contributed by atoms with Gasteiger partial charge in [0, 0.05) is 18.6 Å². The molecule has 3 atom stereocenters. The zero-order valence-electron chi connectivity index (χ0n) is 13.2. The average Bonchev–Trinajstić information content (AvgIpc) is 2.45. The molecule has 1 aromatic rings. The molecule has 1 aromatic heterocycles. The van der Waals surface area contributed by atoms with Crippen LogP contribution in [0.1, 0.15) is 38.8 Å². The molecule has 1 saturated heterocycles. The van der Waals surface area contributed by atoms with E-state index in [1.165, 1.54) is 6.42 Å². The highest BCUT2D eigenvalue weighted by atomic mass is 19.4. The Morgan fingerprint density at radius 2 is 2.05 bits per heavy atom. The van der Waals surface area contributed by atoms with Crippen LogP contribution in [0.2, 0.25) is 0 Å². The zero-order valence-corrected chi connectivity index (χ0v) is 13.2. The predicted molar refractivity (Wildman–Crippen MR) is 79.6 cm³/mol. The van der Waals surface area contributed by atoms with E-state index >= 15 is 0 Å². The third kappa shape index (κ3) is 4.09. The van der Waals surface area contributed by atoms with Gasteiger partial charge in [-0.3, -0.25) is 0 Å². The van der Waals surface area contributed by atoms with Crippen LogP contribution in [0.4, 0.5) is 19.0 Å². The van der Waals surface area contributed by atoms with Crippen molar-refractivity contribution in [3.05, 3.63) is 18.1 Å². The van der Waals surface area contributed by atoms with Crippen LogP contribution in [-0.4, -0.2) is 40.5 Å². The lowest BCUT2D eigenvalue weighted by Gasteiger charge is -2.40. The second kappa shape index (κ2) is 6.81. The molecule has 0 aliphatic carbocycles. The van der Waals surface area contributed by atoms with Gasteiger partial charge in [0.05, 0.1) is 12.4 Å². The summed E-state index contributed by atoms with van der Waals surface area (Å²) in [5.74, 6) is 1.08. The number of anilines is 1. The van der Waals surface area contributed by atoms with Crippen molar-refractivity contribution in [2.24, 2.45) is 5.92 Å².